The number of nitrogens with zero attached hydrogens (tertiary/aromatic N) is 3. The second-order valence-corrected chi connectivity index (χ2v) is 6.83. The summed E-state index contributed by atoms with van der Waals surface area (Å²) in [6, 6.07) is 6.96. The van der Waals surface area contributed by atoms with Gasteiger partial charge in [-0.15, -0.1) is 0 Å². The Kier molecular flexibility index (Phi) is 5.04. The average molecular weight is 405 g/mol. The minimum atomic E-state index is -4.47. The molecule has 1 aromatic carbocycles. The lowest BCUT2D eigenvalue weighted by Gasteiger charge is -2.32. The summed E-state index contributed by atoms with van der Waals surface area (Å²) >= 11 is 0. The summed E-state index contributed by atoms with van der Waals surface area (Å²) < 4.78 is 38.0. The van der Waals surface area contributed by atoms with Crippen LogP contribution in [0.3, 0.4) is 0 Å². The number of rotatable bonds is 3. The quantitative estimate of drug-likeness (QED) is 0.820. The third kappa shape index (κ3) is 4.20. The highest BCUT2D eigenvalue weighted by molar-refractivity contribution is 6.04. The molecule has 0 aliphatic carbocycles. The highest BCUT2D eigenvalue weighted by Crippen LogP contribution is 2.33. The van der Waals surface area contributed by atoms with Crippen LogP contribution in [0.1, 0.15) is 35.0 Å². The van der Waals surface area contributed by atoms with Crippen LogP contribution in [0.4, 0.5) is 18.9 Å². The normalized spacial score (nSPS) is 19.7. The van der Waals surface area contributed by atoms with Gasteiger partial charge in [0.2, 0.25) is 5.91 Å². The molecule has 0 saturated carbocycles. The maximum Gasteiger partial charge on any atom is 0.416 e. The SMILES string of the molecule is CN1C(=O)CC(C)(c2cc(NC(=O)c3ccc(C(F)(F)F)cc3)ccn2)N=C1N. The molecule has 2 heterocycles. The minimum Gasteiger partial charge on any atom is -0.369 e. The van der Waals surface area contributed by atoms with Gasteiger partial charge in [-0.25, -0.2) is 4.99 Å². The zero-order valence-corrected chi connectivity index (χ0v) is 15.6. The maximum atomic E-state index is 12.7. The second kappa shape index (κ2) is 7.19. The Hall–Kier alpha value is -3.43. The standard InChI is InChI=1S/C19H18F3N5O2/c1-18(10-15(28)27(2)17(23)26-18)14-9-13(7-8-24-14)25-16(29)11-3-5-12(6-4-11)19(20,21)22/h3-9H,10H2,1-2H3,(H2,23,26)(H,24,25,29). The smallest absolute Gasteiger partial charge is 0.369 e. The average Bonchev–Trinajstić information content (AvgIpc) is 2.66. The number of hydrogen-bond donors (Lipinski definition) is 2. The molecule has 1 aliphatic heterocycles. The van der Waals surface area contributed by atoms with Crippen LogP contribution in [0.15, 0.2) is 47.6 Å². The van der Waals surface area contributed by atoms with Gasteiger partial charge in [0.15, 0.2) is 5.96 Å². The summed E-state index contributed by atoms with van der Waals surface area (Å²) in [6.07, 6.45) is -2.98. The van der Waals surface area contributed by atoms with Gasteiger partial charge in [-0.2, -0.15) is 13.2 Å². The fraction of sp³-hybridized carbons (Fsp3) is 0.263. The Labute approximate surface area is 164 Å². The van der Waals surface area contributed by atoms with Gasteiger partial charge in [-0.3, -0.25) is 19.5 Å². The number of alkyl halides is 3. The summed E-state index contributed by atoms with van der Waals surface area (Å²) in [6.45, 7) is 1.70. The molecular formula is C19H18F3N5O2. The number of halogens is 3. The lowest BCUT2D eigenvalue weighted by molar-refractivity contribution is -0.137. The summed E-state index contributed by atoms with van der Waals surface area (Å²) in [7, 11) is 1.52. The largest absolute Gasteiger partial charge is 0.416 e. The first-order valence-corrected chi connectivity index (χ1v) is 8.57. The van der Waals surface area contributed by atoms with Gasteiger partial charge in [0.1, 0.15) is 5.54 Å². The van der Waals surface area contributed by atoms with E-state index in [0.29, 0.717) is 11.4 Å². The molecule has 0 fully saturated rings. The van der Waals surface area contributed by atoms with Crippen molar-refractivity contribution in [1.29, 1.82) is 0 Å². The van der Waals surface area contributed by atoms with Crippen LogP contribution >= 0.6 is 0 Å². The van der Waals surface area contributed by atoms with Gasteiger partial charge < -0.3 is 11.1 Å². The van der Waals surface area contributed by atoms with Crippen molar-refractivity contribution in [2.24, 2.45) is 10.7 Å². The number of benzene rings is 1. The second-order valence-electron chi connectivity index (χ2n) is 6.83. The predicted octanol–water partition coefficient (Wildman–Crippen LogP) is 2.74. The van der Waals surface area contributed by atoms with E-state index in [1.165, 1.54) is 24.2 Å². The van der Waals surface area contributed by atoms with E-state index in [-0.39, 0.29) is 23.9 Å². The van der Waals surface area contributed by atoms with Crippen molar-refractivity contribution in [2.75, 3.05) is 12.4 Å². The van der Waals surface area contributed by atoms with Crippen LogP contribution in [0.25, 0.3) is 0 Å². The van der Waals surface area contributed by atoms with Crippen molar-refractivity contribution in [3.8, 4) is 0 Å². The Bertz CT molecular complexity index is 988. The predicted molar refractivity (Wildman–Crippen MR) is 100.0 cm³/mol. The van der Waals surface area contributed by atoms with Crippen LogP contribution in [0, 0.1) is 0 Å². The van der Waals surface area contributed by atoms with Gasteiger partial charge in [-0.05, 0) is 43.3 Å². The van der Waals surface area contributed by atoms with Gasteiger partial charge in [0.25, 0.3) is 5.91 Å². The van der Waals surface area contributed by atoms with E-state index in [0.717, 1.165) is 24.3 Å². The molecule has 29 heavy (non-hydrogen) atoms. The van der Waals surface area contributed by atoms with E-state index in [4.69, 9.17) is 5.73 Å². The van der Waals surface area contributed by atoms with E-state index in [9.17, 15) is 22.8 Å². The van der Waals surface area contributed by atoms with Crippen molar-refractivity contribution in [3.05, 3.63) is 59.4 Å². The van der Waals surface area contributed by atoms with Crippen molar-refractivity contribution >= 4 is 23.5 Å². The van der Waals surface area contributed by atoms with E-state index >= 15 is 0 Å². The van der Waals surface area contributed by atoms with Crippen LogP contribution in [0.2, 0.25) is 0 Å². The summed E-state index contributed by atoms with van der Waals surface area (Å²) in [5.74, 6) is -0.741. The summed E-state index contributed by atoms with van der Waals surface area (Å²) in [4.78, 5) is 34.3. The van der Waals surface area contributed by atoms with E-state index < -0.39 is 23.2 Å². The Morgan fingerprint density at radius 1 is 1.24 bits per heavy atom. The summed E-state index contributed by atoms with van der Waals surface area (Å²) in [5.41, 5.74) is 4.82. The topological polar surface area (TPSA) is 101 Å². The number of carbonyl (C=O) groups excluding carboxylic acids is 2. The van der Waals surface area contributed by atoms with Crippen LogP contribution in [-0.2, 0) is 16.5 Å². The number of nitrogens with two attached hydrogens (primary N) is 1. The van der Waals surface area contributed by atoms with Crippen molar-refractivity contribution in [1.82, 2.24) is 9.88 Å². The van der Waals surface area contributed by atoms with Crippen molar-refractivity contribution in [3.63, 3.8) is 0 Å². The third-order valence-corrected chi connectivity index (χ3v) is 4.62. The zero-order chi connectivity index (χ0) is 21.4. The molecule has 7 nitrogen and oxygen atoms in total. The number of guanidine groups is 1. The molecule has 10 heteroatoms. The van der Waals surface area contributed by atoms with Crippen LogP contribution < -0.4 is 11.1 Å². The zero-order valence-electron chi connectivity index (χ0n) is 15.6. The van der Waals surface area contributed by atoms with Crippen molar-refractivity contribution in [2.45, 2.75) is 25.1 Å². The molecule has 2 aromatic rings. The van der Waals surface area contributed by atoms with Gasteiger partial charge in [0.05, 0.1) is 17.7 Å². The van der Waals surface area contributed by atoms with E-state index in [1.807, 2.05) is 0 Å². The van der Waals surface area contributed by atoms with Gasteiger partial charge in [-0.1, -0.05) is 0 Å². The first kappa shape index (κ1) is 20.3. The number of hydrogen-bond acceptors (Lipinski definition) is 5. The fourth-order valence-electron chi connectivity index (χ4n) is 2.87. The lowest BCUT2D eigenvalue weighted by atomic mass is 9.91. The number of aromatic nitrogens is 1. The Morgan fingerprint density at radius 2 is 1.90 bits per heavy atom. The molecule has 0 spiro atoms. The fourth-order valence-corrected chi connectivity index (χ4v) is 2.87. The van der Waals surface area contributed by atoms with Gasteiger partial charge >= 0.3 is 6.18 Å². The molecule has 1 aromatic heterocycles. The number of aliphatic imine (C=N–C) groups is 1. The number of anilines is 1. The molecule has 3 N–H and O–H groups in total. The molecule has 1 unspecified atom stereocenters. The Balaban J connectivity index is 1.82. The molecule has 152 valence electrons. The lowest BCUT2D eigenvalue weighted by Crippen LogP contribution is -2.47. The van der Waals surface area contributed by atoms with Gasteiger partial charge in [0, 0.05) is 24.5 Å². The molecule has 1 aliphatic rings. The van der Waals surface area contributed by atoms with Crippen LogP contribution in [-0.4, -0.2) is 34.7 Å². The number of carbonyl (C=O) groups is 2. The number of pyridine rings is 1. The molecule has 0 bridgehead atoms. The van der Waals surface area contributed by atoms with E-state index in [1.54, 1.807) is 13.0 Å². The van der Waals surface area contributed by atoms with E-state index in [2.05, 4.69) is 15.3 Å². The first-order chi connectivity index (χ1) is 13.5. The van der Waals surface area contributed by atoms with Crippen molar-refractivity contribution < 1.29 is 22.8 Å². The Morgan fingerprint density at radius 3 is 2.48 bits per heavy atom. The van der Waals surface area contributed by atoms with Crippen LogP contribution in [0.5, 0.6) is 0 Å². The molecule has 0 radical (unpaired) electrons. The minimum absolute atomic E-state index is 0.0491. The highest BCUT2D eigenvalue weighted by Gasteiger charge is 2.37. The number of nitrogens with one attached hydrogen (secondary N) is 1. The molecule has 2 amide bonds. The third-order valence-electron chi connectivity index (χ3n) is 4.62. The molecule has 1 atom stereocenters. The monoisotopic (exact) mass is 405 g/mol. The molecule has 3 rings (SSSR count). The summed E-state index contributed by atoms with van der Waals surface area (Å²) in [5, 5.41) is 2.61. The molecular weight excluding hydrogens is 387 g/mol. The maximum absolute atomic E-state index is 12.7. The molecule has 0 saturated heterocycles. The first-order valence-electron chi connectivity index (χ1n) is 8.57. The highest BCUT2D eigenvalue weighted by atomic mass is 19.4. The number of amides is 2.